The fraction of sp³-hybridized carbons (Fsp3) is 0.650. The number of hydrogen-bond acceptors (Lipinski definition) is 1. The van der Waals surface area contributed by atoms with E-state index in [9.17, 15) is 9.18 Å². The fourth-order valence-corrected chi connectivity index (χ4v) is 4.93. The van der Waals surface area contributed by atoms with Crippen molar-refractivity contribution in [3.8, 4) is 0 Å². The Morgan fingerprint density at radius 2 is 1.91 bits per heavy atom. The second-order valence-corrected chi connectivity index (χ2v) is 7.54. The summed E-state index contributed by atoms with van der Waals surface area (Å²) in [4.78, 5) is 10.9. The Hall–Kier alpha value is -1.38. The second-order valence-electron chi connectivity index (χ2n) is 7.54. The molecule has 2 fully saturated rings. The molecule has 3 heteroatoms. The molecule has 0 bridgehead atoms. The van der Waals surface area contributed by atoms with Gasteiger partial charge in [0.15, 0.2) is 0 Å². The summed E-state index contributed by atoms with van der Waals surface area (Å²) in [7, 11) is 0. The quantitative estimate of drug-likeness (QED) is 0.782. The molecular weight excluding hydrogens is 291 g/mol. The lowest BCUT2D eigenvalue weighted by Gasteiger charge is -2.42. The Labute approximate surface area is 138 Å². The van der Waals surface area contributed by atoms with Gasteiger partial charge in [0, 0.05) is 0 Å². The molecule has 4 atom stereocenters. The standard InChI is InChI=1S/C20H27FO2/c1-2-3-13-4-5-15-11-16(7-6-14(15)10-13)18-9-8-17(20(22)23)12-19(18)21/h8-9,12-16H,2-7,10-11H2,1H3,(H,22,23)/t13-,14-,15+,16?/m0/s1. The molecule has 0 heterocycles. The van der Waals surface area contributed by atoms with Crippen LogP contribution in [0.15, 0.2) is 18.2 Å². The normalized spacial score (nSPS) is 30.7. The number of fused-ring (bicyclic) bond motifs is 1. The van der Waals surface area contributed by atoms with Gasteiger partial charge >= 0.3 is 5.97 Å². The molecule has 2 nitrogen and oxygen atoms in total. The Balaban J connectivity index is 1.67. The number of carboxylic acid groups (broad SMARTS) is 1. The number of benzene rings is 1. The molecule has 126 valence electrons. The largest absolute Gasteiger partial charge is 0.478 e. The molecule has 3 rings (SSSR count). The molecule has 23 heavy (non-hydrogen) atoms. The third-order valence-electron chi connectivity index (χ3n) is 6.11. The summed E-state index contributed by atoms with van der Waals surface area (Å²) in [5.74, 6) is 1.34. The first-order valence-corrected chi connectivity index (χ1v) is 9.11. The van der Waals surface area contributed by atoms with Crippen molar-refractivity contribution < 1.29 is 14.3 Å². The van der Waals surface area contributed by atoms with Gasteiger partial charge in [-0.15, -0.1) is 0 Å². The zero-order valence-corrected chi connectivity index (χ0v) is 13.9. The summed E-state index contributed by atoms with van der Waals surface area (Å²) < 4.78 is 14.3. The lowest BCUT2D eigenvalue weighted by atomic mass is 9.63. The van der Waals surface area contributed by atoms with Crippen LogP contribution in [0.5, 0.6) is 0 Å². The topological polar surface area (TPSA) is 37.3 Å². The van der Waals surface area contributed by atoms with E-state index in [4.69, 9.17) is 5.11 Å². The van der Waals surface area contributed by atoms with Gasteiger partial charge in [0.05, 0.1) is 5.56 Å². The van der Waals surface area contributed by atoms with E-state index < -0.39 is 5.97 Å². The maximum atomic E-state index is 14.3. The van der Waals surface area contributed by atoms with Crippen molar-refractivity contribution >= 4 is 5.97 Å². The summed E-state index contributed by atoms with van der Waals surface area (Å²) >= 11 is 0. The van der Waals surface area contributed by atoms with Gasteiger partial charge in [-0.1, -0.05) is 32.3 Å². The Morgan fingerprint density at radius 3 is 2.61 bits per heavy atom. The average molecular weight is 318 g/mol. The van der Waals surface area contributed by atoms with E-state index in [0.717, 1.165) is 36.2 Å². The summed E-state index contributed by atoms with van der Waals surface area (Å²) in [5.41, 5.74) is 0.768. The maximum absolute atomic E-state index is 14.3. The highest BCUT2D eigenvalue weighted by molar-refractivity contribution is 5.87. The lowest BCUT2D eigenvalue weighted by molar-refractivity contribution is 0.0696. The van der Waals surface area contributed by atoms with Crippen LogP contribution in [-0.4, -0.2) is 11.1 Å². The fourth-order valence-electron chi connectivity index (χ4n) is 4.93. The van der Waals surface area contributed by atoms with Crippen LogP contribution in [0, 0.1) is 23.6 Å². The van der Waals surface area contributed by atoms with Gasteiger partial charge < -0.3 is 5.11 Å². The molecule has 0 amide bonds. The van der Waals surface area contributed by atoms with E-state index in [1.165, 1.54) is 44.6 Å². The zero-order chi connectivity index (χ0) is 16.4. The van der Waals surface area contributed by atoms with Gasteiger partial charge in [0.1, 0.15) is 5.82 Å². The number of halogens is 1. The molecule has 0 aliphatic heterocycles. The van der Waals surface area contributed by atoms with Gasteiger partial charge in [0.2, 0.25) is 0 Å². The average Bonchev–Trinajstić information content (AvgIpc) is 2.54. The van der Waals surface area contributed by atoms with Crippen molar-refractivity contribution in [3.63, 3.8) is 0 Å². The van der Waals surface area contributed by atoms with Crippen molar-refractivity contribution in [2.24, 2.45) is 17.8 Å². The molecule has 0 aromatic heterocycles. The number of carboxylic acids is 1. The van der Waals surface area contributed by atoms with E-state index >= 15 is 0 Å². The molecule has 1 N–H and O–H groups in total. The minimum Gasteiger partial charge on any atom is -0.478 e. The maximum Gasteiger partial charge on any atom is 0.335 e. The molecule has 2 saturated carbocycles. The molecule has 0 saturated heterocycles. The van der Waals surface area contributed by atoms with Gasteiger partial charge in [-0.3, -0.25) is 0 Å². The Bertz CT molecular complexity index is 569. The van der Waals surface area contributed by atoms with Crippen LogP contribution in [0.3, 0.4) is 0 Å². The highest BCUT2D eigenvalue weighted by atomic mass is 19.1. The molecule has 1 aromatic rings. The first kappa shape index (κ1) is 16.5. The smallest absolute Gasteiger partial charge is 0.335 e. The number of hydrogen-bond donors (Lipinski definition) is 1. The predicted molar refractivity (Wildman–Crippen MR) is 89.2 cm³/mol. The highest BCUT2D eigenvalue weighted by Gasteiger charge is 2.36. The van der Waals surface area contributed by atoms with Crippen LogP contribution in [-0.2, 0) is 0 Å². The van der Waals surface area contributed by atoms with Crippen LogP contribution in [0.25, 0.3) is 0 Å². The van der Waals surface area contributed by atoms with E-state index in [1.807, 2.05) is 0 Å². The summed E-state index contributed by atoms with van der Waals surface area (Å²) in [5, 5.41) is 8.97. The van der Waals surface area contributed by atoms with Crippen molar-refractivity contribution in [3.05, 3.63) is 35.1 Å². The van der Waals surface area contributed by atoms with Crippen molar-refractivity contribution in [2.45, 2.75) is 64.2 Å². The molecular formula is C20H27FO2. The predicted octanol–water partition coefficient (Wildman–Crippen LogP) is 5.62. The van der Waals surface area contributed by atoms with E-state index in [1.54, 1.807) is 12.1 Å². The van der Waals surface area contributed by atoms with Crippen LogP contribution in [0.2, 0.25) is 0 Å². The molecule has 0 spiro atoms. The van der Waals surface area contributed by atoms with E-state index in [0.29, 0.717) is 0 Å². The first-order valence-electron chi connectivity index (χ1n) is 9.11. The summed E-state index contributed by atoms with van der Waals surface area (Å²) in [6, 6.07) is 4.43. The monoisotopic (exact) mass is 318 g/mol. The van der Waals surface area contributed by atoms with Gasteiger partial charge in [0.25, 0.3) is 0 Å². The van der Waals surface area contributed by atoms with Crippen molar-refractivity contribution in [2.75, 3.05) is 0 Å². The summed E-state index contributed by atoms with van der Waals surface area (Å²) in [6.45, 7) is 2.27. The lowest BCUT2D eigenvalue weighted by Crippen LogP contribution is -2.30. The molecule has 2 aliphatic rings. The van der Waals surface area contributed by atoms with E-state index in [-0.39, 0.29) is 17.3 Å². The first-order chi connectivity index (χ1) is 11.1. The van der Waals surface area contributed by atoms with Gasteiger partial charge in [-0.2, -0.15) is 0 Å². The zero-order valence-electron chi connectivity index (χ0n) is 13.9. The summed E-state index contributed by atoms with van der Waals surface area (Å²) in [6.07, 6.45) is 9.96. The van der Waals surface area contributed by atoms with Gasteiger partial charge in [-0.05, 0) is 73.5 Å². The minimum atomic E-state index is -1.06. The van der Waals surface area contributed by atoms with Crippen LogP contribution < -0.4 is 0 Å². The molecule has 2 aliphatic carbocycles. The minimum absolute atomic E-state index is 0.0417. The Kier molecular flexibility index (Phi) is 5.03. The number of aromatic carboxylic acids is 1. The number of carbonyl (C=O) groups is 1. The second kappa shape index (κ2) is 7.02. The van der Waals surface area contributed by atoms with Gasteiger partial charge in [-0.25, -0.2) is 9.18 Å². The Morgan fingerprint density at radius 1 is 1.17 bits per heavy atom. The SMILES string of the molecule is CCC[C@H]1CC[C@@H]2CC(c3ccc(C(=O)O)cc3F)CC[C@H]2C1. The molecule has 1 unspecified atom stereocenters. The highest BCUT2D eigenvalue weighted by Crippen LogP contribution is 2.48. The van der Waals surface area contributed by atoms with Crippen LogP contribution >= 0.6 is 0 Å². The third-order valence-corrected chi connectivity index (χ3v) is 6.11. The number of rotatable bonds is 4. The third kappa shape index (κ3) is 3.59. The van der Waals surface area contributed by atoms with E-state index in [2.05, 4.69) is 6.92 Å². The van der Waals surface area contributed by atoms with Crippen LogP contribution in [0.4, 0.5) is 4.39 Å². The van der Waals surface area contributed by atoms with Crippen molar-refractivity contribution in [1.29, 1.82) is 0 Å². The van der Waals surface area contributed by atoms with Crippen molar-refractivity contribution in [1.82, 2.24) is 0 Å². The molecule has 1 aromatic carbocycles. The van der Waals surface area contributed by atoms with Crippen LogP contribution in [0.1, 0.15) is 80.1 Å². The molecule has 0 radical (unpaired) electrons.